The fourth-order valence-corrected chi connectivity index (χ4v) is 4.17. The predicted octanol–water partition coefficient (Wildman–Crippen LogP) is 4.75. The summed E-state index contributed by atoms with van der Waals surface area (Å²) in [5.74, 6) is 2.02. The van der Waals surface area contributed by atoms with E-state index in [0.717, 1.165) is 28.7 Å². The van der Waals surface area contributed by atoms with Crippen LogP contribution in [-0.2, 0) is 6.18 Å². The molecular formula is C24H23F3N6. The van der Waals surface area contributed by atoms with Crippen molar-refractivity contribution in [2.45, 2.75) is 20.0 Å². The number of piperazine rings is 1. The van der Waals surface area contributed by atoms with E-state index >= 15 is 0 Å². The Morgan fingerprint density at radius 1 is 0.818 bits per heavy atom. The molecule has 1 aliphatic rings. The molecule has 1 saturated heterocycles. The molecule has 0 N–H and O–H groups in total. The first-order valence-corrected chi connectivity index (χ1v) is 10.8. The molecule has 1 aliphatic heterocycles. The van der Waals surface area contributed by atoms with Crippen molar-refractivity contribution < 1.29 is 13.2 Å². The summed E-state index contributed by atoms with van der Waals surface area (Å²) in [4.78, 5) is 13.3. The van der Waals surface area contributed by atoms with E-state index in [1.807, 2.05) is 49.1 Å². The lowest BCUT2D eigenvalue weighted by molar-refractivity contribution is -0.137. The van der Waals surface area contributed by atoms with Gasteiger partial charge in [-0.1, -0.05) is 29.8 Å². The predicted molar refractivity (Wildman–Crippen MR) is 122 cm³/mol. The van der Waals surface area contributed by atoms with Crippen molar-refractivity contribution in [1.29, 1.82) is 0 Å². The molecule has 0 spiro atoms. The van der Waals surface area contributed by atoms with Crippen molar-refractivity contribution in [2.75, 3.05) is 36.0 Å². The molecule has 2 aromatic carbocycles. The van der Waals surface area contributed by atoms with E-state index in [9.17, 15) is 13.2 Å². The van der Waals surface area contributed by atoms with Crippen molar-refractivity contribution in [3.8, 4) is 11.4 Å². The number of aromatic nitrogens is 4. The first kappa shape index (κ1) is 21.2. The molecule has 3 heterocycles. The van der Waals surface area contributed by atoms with Crippen LogP contribution in [0.25, 0.3) is 17.2 Å². The van der Waals surface area contributed by atoms with Crippen LogP contribution in [0.1, 0.15) is 16.8 Å². The number of halogens is 3. The second-order valence-electron chi connectivity index (χ2n) is 8.29. The largest absolute Gasteiger partial charge is 0.416 e. The van der Waals surface area contributed by atoms with Crippen LogP contribution < -0.4 is 9.80 Å². The van der Waals surface area contributed by atoms with Crippen LogP contribution >= 0.6 is 0 Å². The Morgan fingerprint density at radius 3 is 2.27 bits per heavy atom. The molecular weight excluding hydrogens is 429 g/mol. The molecule has 0 unspecified atom stereocenters. The molecule has 1 fully saturated rings. The second-order valence-corrected chi connectivity index (χ2v) is 8.29. The highest BCUT2D eigenvalue weighted by Crippen LogP contribution is 2.32. The molecule has 4 aromatic rings. The fourth-order valence-electron chi connectivity index (χ4n) is 4.17. The van der Waals surface area contributed by atoms with Crippen molar-refractivity contribution >= 4 is 17.3 Å². The average Bonchev–Trinajstić information content (AvgIpc) is 3.22. The monoisotopic (exact) mass is 452 g/mol. The normalized spacial score (nSPS) is 14.8. The minimum atomic E-state index is -4.35. The summed E-state index contributed by atoms with van der Waals surface area (Å²) >= 11 is 0. The number of hydrogen-bond acceptors (Lipinski definition) is 5. The van der Waals surface area contributed by atoms with Crippen molar-refractivity contribution in [1.82, 2.24) is 19.6 Å². The van der Waals surface area contributed by atoms with Crippen LogP contribution in [0, 0.1) is 13.8 Å². The first-order valence-electron chi connectivity index (χ1n) is 10.8. The molecule has 5 rings (SSSR count). The van der Waals surface area contributed by atoms with Gasteiger partial charge in [-0.15, -0.1) is 5.10 Å². The maximum absolute atomic E-state index is 13.1. The molecule has 2 aromatic heterocycles. The Bertz CT molecular complexity index is 1310. The van der Waals surface area contributed by atoms with Gasteiger partial charge in [-0.3, -0.25) is 0 Å². The van der Waals surface area contributed by atoms with Crippen LogP contribution in [0.3, 0.4) is 0 Å². The van der Waals surface area contributed by atoms with Crippen LogP contribution in [0.4, 0.5) is 24.7 Å². The van der Waals surface area contributed by atoms with E-state index in [0.29, 0.717) is 43.5 Å². The number of hydrogen-bond donors (Lipinski definition) is 0. The molecule has 33 heavy (non-hydrogen) atoms. The molecule has 0 aliphatic carbocycles. The number of nitrogens with zero attached hydrogens (tertiary/aromatic N) is 6. The molecule has 0 atom stereocenters. The van der Waals surface area contributed by atoms with Crippen LogP contribution in [0.5, 0.6) is 0 Å². The van der Waals surface area contributed by atoms with Gasteiger partial charge in [0.25, 0.3) is 5.78 Å². The van der Waals surface area contributed by atoms with Gasteiger partial charge in [0.2, 0.25) is 0 Å². The molecule has 0 radical (unpaired) electrons. The third-order valence-corrected chi connectivity index (χ3v) is 5.84. The quantitative estimate of drug-likeness (QED) is 0.449. The molecule has 170 valence electrons. The van der Waals surface area contributed by atoms with Gasteiger partial charge in [-0.2, -0.15) is 22.7 Å². The van der Waals surface area contributed by atoms with E-state index in [-0.39, 0.29) is 0 Å². The molecule has 0 saturated carbocycles. The Kier molecular flexibility index (Phi) is 5.19. The minimum absolute atomic E-state index is 0.529. The highest BCUT2D eigenvalue weighted by molar-refractivity contribution is 5.60. The van der Waals surface area contributed by atoms with Gasteiger partial charge in [0.05, 0.1) is 5.56 Å². The lowest BCUT2D eigenvalue weighted by Crippen LogP contribution is -2.47. The summed E-state index contributed by atoms with van der Waals surface area (Å²) in [6.07, 6.45) is -4.35. The van der Waals surface area contributed by atoms with Gasteiger partial charge >= 0.3 is 6.18 Å². The summed E-state index contributed by atoms with van der Waals surface area (Å²) in [6, 6.07) is 15.5. The topological polar surface area (TPSA) is 49.6 Å². The van der Waals surface area contributed by atoms with Gasteiger partial charge in [0.15, 0.2) is 5.82 Å². The Balaban J connectivity index is 1.41. The van der Waals surface area contributed by atoms with Crippen molar-refractivity contribution in [2.24, 2.45) is 0 Å². The number of alkyl halides is 3. The number of benzene rings is 2. The standard InChI is InChI=1S/C24H23F3N6/c1-16-5-3-6-18(13-16)22-29-23-28-17(2)14-21(33(23)30-22)32-11-9-31(10-12-32)20-8-4-7-19(15-20)24(25,26)27/h3-8,13-15H,9-12H2,1-2H3. The van der Waals surface area contributed by atoms with Crippen molar-refractivity contribution in [3.63, 3.8) is 0 Å². The summed E-state index contributed by atoms with van der Waals surface area (Å²) < 4.78 is 41.1. The Hall–Kier alpha value is -3.62. The number of anilines is 2. The van der Waals surface area contributed by atoms with Gasteiger partial charge < -0.3 is 9.80 Å². The second kappa shape index (κ2) is 8.06. The maximum Gasteiger partial charge on any atom is 0.416 e. The first-order chi connectivity index (χ1) is 15.8. The SMILES string of the molecule is Cc1cccc(-c2nc3nc(C)cc(N4CCN(c5cccc(C(F)(F)F)c5)CC4)n3n2)c1. The van der Waals surface area contributed by atoms with Crippen LogP contribution in [-0.4, -0.2) is 45.8 Å². The van der Waals surface area contributed by atoms with Gasteiger partial charge in [-0.25, -0.2) is 4.98 Å². The zero-order valence-corrected chi connectivity index (χ0v) is 18.3. The van der Waals surface area contributed by atoms with Crippen molar-refractivity contribution in [3.05, 3.63) is 71.4 Å². The summed E-state index contributed by atoms with van der Waals surface area (Å²) in [6.45, 7) is 6.44. The number of aryl methyl sites for hydroxylation is 2. The van der Waals surface area contributed by atoms with E-state index in [2.05, 4.69) is 14.9 Å². The number of rotatable bonds is 3. The van der Waals surface area contributed by atoms with E-state index in [1.54, 1.807) is 10.6 Å². The van der Waals surface area contributed by atoms with E-state index in [1.165, 1.54) is 12.1 Å². The Morgan fingerprint density at radius 2 is 1.55 bits per heavy atom. The third kappa shape index (κ3) is 4.22. The highest BCUT2D eigenvalue weighted by Gasteiger charge is 2.31. The lowest BCUT2D eigenvalue weighted by atomic mass is 10.1. The van der Waals surface area contributed by atoms with Gasteiger partial charge in [0, 0.05) is 49.2 Å². The molecule has 0 amide bonds. The minimum Gasteiger partial charge on any atom is -0.368 e. The van der Waals surface area contributed by atoms with Gasteiger partial charge in [0.1, 0.15) is 5.82 Å². The Labute approximate surface area is 189 Å². The molecule has 0 bridgehead atoms. The molecule has 9 heteroatoms. The van der Waals surface area contributed by atoms with E-state index in [4.69, 9.17) is 5.10 Å². The zero-order chi connectivity index (χ0) is 23.2. The summed E-state index contributed by atoms with van der Waals surface area (Å²) in [7, 11) is 0. The summed E-state index contributed by atoms with van der Waals surface area (Å²) in [5.41, 5.74) is 2.85. The van der Waals surface area contributed by atoms with Gasteiger partial charge in [-0.05, 0) is 38.1 Å². The number of fused-ring (bicyclic) bond motifs is 1. The lowest BCUT2D eigenvalue weighted by Gasteiger charge is -2.37. The zero-order valence-electron chi connectivity index (χ0n) is 18.3. The van der Waals surface area contributed by atoms with Crippen LogP contribution in [0.2, 0.25) is 0 Å². The van der Waals surface area contributed by atoms with E-state index < -0.39 is 11.7 Å². The fraction of sp³-hybridized carbons (Fsp3) is 0.292. The smallest absolute Gasteiger partial charge is 0.368 e. The average molecular weight is 452 g/mol. The highest BCUT2D eigenvalue weighted by atomic mass is 19.4. The molecule has 6 nitrogen and oxygen atoms in total. The summed E-state index contributed by atoms with van der Waals surface area (Å²) in [5, 5.41) is 4.72. The third-order valence-electron chi connectivity index (χ3n) is 5.84. The maximum atomic E-state index is 13.1. The van der Waals surface area contributed by atoms with Crippen LogP contribution in [0.15, 0.2) is 54.6 Å².